The van der Waals surface area contributed by atoms with E-state index in [4.69, 9.17) is 39.5 Å². The summed E-state index contributed by atoms with van der Waals surface area (Å²) in [6, 6.07) is 17.4. The van der Waals surface area contributed by atoms with Gasteiger partial charge in [0.05, 0.1) is 24.1 Å². The SMILES string of the molecule is CC[C@H](C)NC(=O)[C@@H](Cc1ccccc1)N(Cc1c(Cl)cccc1Cl)C(=O)CN(c1ccc(OC)c(Cl)c1)S(C)(=O)=O. The molecule has 0 radical (unpaired) electrons. The molecule has 2 amide bonds. The van der Waals surface area contributed by atoms with Crippen molar-refractivity contribution in [1.82, 2.24) is 10.2 Å². The molecule has 0 heterocycles. The number of rotatable bonds is 13. The molecular formula is C30H34Cl3N3O5S. The second-order valence-electron chi connectivity index (χ2n) is 9.83. The average Bonchev–Trinajstić information content (AvgIpc) is 2.94. The Kier molecular flexibility index (Phi) is 11.9. The topological polar surface area (TPSA) is 96.0 Å². The van der Waals surface area contributed by atoms with E-state index >= 15 is 0 Å². The predicted molar refractivity (Wildman–Crippen MR) is 169 cm³/mol. The Labute approximate surface area is 262 Å². The van der Waals surface area contributed by atoms with Crippen LogP contribution in [-0.2, 0) is 32.6 Å². The van der Waals surface area contributed by atoms with Crippen molar-refractivity contribution in [1.29, 1.82) is 0 Å². The predicted octanol–water partition coefficient (Wildman–Crippen LogP) is 5.98. The molecule has 0 aromatic heterocycles. The summed E-state index contributed by atoms with van der Waals surface area (Å²) in [5.74, 6) is -0.675. The van der Waals surface area contributed by atoms with Gasteiger partial charge < -0.3 is 15.0 Å². The molecule has 42 heavy (non-hydrogen) atoms. The number of carbonyl (C=O) groups excluding carboxylic acids is 2. The monoisotopic (exact) mass is 653 g/mol. The van der Waals surface area contributed by atoms with Crippen molar-refractivity contribution in [2.75, 3.05) is 24.2 Å². The molecule has 0 aliphatic carbocycles. The van der Waals surface area contributed by atoms with Crippen molar-refractivity contribution in [2.24, 2.45) is 0 Å². The Balaban J connectivity index is 2.12. The summed E-state index contributed by atoms with van der Waals surface area (Å²) in [4.78, 5) is 29.3. The number of benzene rings is 3. The molecule has 226 valence electrons. The van der Waals surface area contributed by atoms with E-state index in [1.165, 1.54) is 30.2 Å². The lowest BCUT2D eigenvalue weighted by Gasteiger charge is -2.34. The molecule has 0 aliphatic rings. The molecule has 0 fully saturated rings. The van der Waals surface area contributed by atoms with E-state index in [9.17, 15) is 18.0 Å². The van der Waals surface area contributed by atoms with Crippen LogP contribution in [0.1, 0.15) is 31.4 Å². The average molecular weight is 655 g/mol. The normalized spacial score (nSPS) is 12.7. The van der Waals surface area contributed by atoms with Crippen molar-refractivity contribution in [3.63, 3.8) is 0 Å². The maximum absolute atomic E-state index is 14.2. The van der Waals surface area contributed by atoms with Crippen LogP contribution in [0.25, 0.3) is 0 Å². The molecule has 0 aliphatic heterocycles. The third-order valence-corrected chi connectivity index (χ3v) is 8.91. The Morgan fingerprint density at radius 2 is 1.60 bits per heavy atom. The zero-order valence-corrected chi connectivity index (χ0v) is 26.9. The number of methoxy groups -OCH3 is 1. The van der Waals surface area contributed by atoms with Gasteiger partial charge in [0, 0.05) is 34.6 Å². The highest BCUT2D eigenvalue weighted by atomic mass is 35.5. The van der Waals surface area contributed by atoms with Crippen LogP contribution >= 0.6 is 34.8 Å². The first kappa shape index (κ1) is 33.5. The maximum Gasteiger partial charge on any atom is 0.244 e. The Bertz CT molecular complexity index is 1490. The minimum absolute atomic E-state index is 0.135. The van der Waals surface area contributed by atoms with Gasteiger partial charge in [0.15, 0.2) is 0 Å². The van der Waals surface area contributed by atoms with E-state index in [-0.39, 0.29) is 35.6 Å². The number of halogens is 3. The van der Waals surface area contributed by atoms with E-state index in [1.807, 2.05) is 44.2 Å². The summed E-state index contributed by atoms with van der Waals surface area (Å²) in [6.45, 7) is 3.07. The first-order valence-corrected chi connectivity index (χ1v) is 16.2. The van der Waals surface area contributed by atoms with Crippen LogP contribution in [0.15, 0.2) is 66.7 Å². The van der Waals surface area contributed by atoms with Gasteiger partial charge in [-0.3, -0.25) is 13.9 Å². The van der Waals surface area contributed by atoms with Gasteiger partial charge in [-0.1, -0.05) is 78.1 Å². The van der Waals surface area contributed by atoms with Crippen LogP contribution in [0.2, 0.25) is 15.1 Å². The fourth-order valence-corrected chi connectivity index (χ4v) is 5.88. The highest BCUT2D eigenvalue weighted by Gasteiger charge is 2.34. The summed E-state index contributed by atoms with van der Waals surface area (Å²) >= 11 is 19.3. The van der Waals surface area contributed by atoms with Crippen LogP contribution in [0.3, 0.4) is 0 Å². The van der Waals surface area contributed by atoms with Gasteiger partial charge in [-0.2, -0.15) is 0 Å². The van der Waals surface area contributed by atoms with Gasteiger partial charge in [0.2, 0.25) is 21.8 Å². The second kappa shape index (κ2) is 15.0. The molecule has 3 aromatic carbocycles. The fraction of sp³-hybridized carbons (Fsp3) is 0.333. The van der Waals surface area contributed by atoms with E-state index < -0.39 is 28.5 Å². The van der Waals surface area contributed by atoms with Crippen molar-refractivity contribution < 1.29 is 22.7 Å². The van der Waals surface area contributed by atoms with Crippen molar-refractivity contribution in [3.8, 4) is 5.75 Å². The molecule has 3 aromatic rings. The molecule has 0 saturated heterocycles. The van der Waals surface area contributed by atoms with E-state index in [0.717, 1.165) is 16.1 Å². The van der Waals surface area contributed by atoms with Gasteiger partial charge in [0.1, 0.15) is 18.3 Å². The number of hydrogen-bond acceptors (Lipinski definition) is 5. The van der Waals surface area contributed by atoms with Gasteiger partial charge in [0.25, 0.3) is 0 Å². The van der Waals surface area contributed by atoms with Crippen molar-refractivity contribution >= 4 is 62.3 Å². The molecule has 0 bridgehead atoms. The molecule has 0 spiro atoms. The van der Waals surface area contributed by atoms with Gasteiger partial charge in [-0.15, -0.1) is 0 Å². The lowest BCUT2D eigenvalue weighted by molar-refractivity contribution is -0.140. The third-order valence-electron chi connectivity index (χ3n) is 6.76. The summed E-state index contributed by atoms with van der Waals surface area (Å²) < 4.78 is 32.0. The zero-order valence-electron chi connectivity index (χ0n) is 23.8. The van der Waals surface area contributed by atoms with Crippen LogP contribution in [0, 0.1) is 0 Å². The van der Waals surface area contributed by atoms with E-state index in [1.54, 1.807) is 18.2 Å². The van der Waals surface area contributed by atoms with Crippen LogP contribution in [-0.4, -0.2) is 57.1 Å². The number of nitrogens with zero attached hydrogens (tertiary/aromatic N) is 2. The lowest BCUT2D eigenvalue weighted by Crippen LogP contribution is -2.54. The maximum atomic E-state index is 14.2. The molecular weight excluding hydrogens is 621 g/mol. The largest absolute Gasteiger partial charge is 0.495 e. The van der Waals surface area contributed by atoms with Crippen LogP contribution in [0.4, 0.5) is 5.69 Å². The summed E-state index contributed by atoms with van der Waals surface area (Å²) in [7, 11) is -2.53. The quantitative estimate of drug-likeness (QED) is 0.245. The number of ether oxygens (including phenoxy) is 1. The lowest BCUT2D eigenvalue weighted by atomic mass is 10.0. The highest BCUT2D eigenvalue weighted by Crippen LogP contribution is 2.31. The first-order valence-electron chi connectivity index (χ1n) is 13.2. The fourth-order valence-electron chi connectivity index (χ4n) is 4.27. The van der Waals surface area contributed by atoms with Gasteiger partial charge in [-0.05, 0) is 49.2 Å². The third kappa shape index (κ3) is 8.77. The summed E-state index contributed by atoms with van der Waals surface area (Å²) in [5, 5.41) is 3.76. The summed E-state index contributed by atoms with van der Waals surface area (Å²) in [6.07, 6.45) is 1.84. The van der Waals surface area contributed by atoms with Crippen LogP contribution in [0.5, 0.6) is 5.75 Å². The van der Waals surface area contributed by atoms with Gasteiger partial charge in [-0.25, -0.2) is 8.42 Å². The molecule has 0 saturated carbocycles. The molecule has 3 rings (SSSR count). The Morgan fingerprint density at radius 3 is 2.14 bits per heavy atom. The number of amides is 2. The number of anilines is 1. The molecule has 8 nitrogen and oxygen atoms in total. The Morgan fingerprint density at radius 1 is 0.952 bits per heavy atom. The standard InChI is InChI=1S/C30H34Cl3N3O5S/c1-5-20(2)34-30(38)27(16-21-10-7-6-8-11-21)35(18-23-24(31)12-9-13-25(23)32)29(37)19-36(42(4,39)40)22-14-15-28(41-3)26(33)17-22/h6-15,17,20,27H,5,16,18-19H2,1-4H3,(H,34,38)/t20-,27+/m0/s1. The Hall–Kier alpha value is -2.98. The van der Waals surface area contributed by atoms with E-state index in [0.29, 0.717) is 27.8 Å². The molecule has 0 unspecified atom stereocenters. The van der Waals surface area contributed by atoms with Crippen molar-refractivity contribution in [2.45, 2.75) is 45.3 Å². The highest BCUT2D eigenvalue weighted by molar-refractivity contribution is 7.92. The first-order chi connectivity index (χ1) is 19.8. The molecule has 12 heteroatoms. The summed E-state index contributed by atoms with van der Waals surface area (Å²) in [5.41, 5.74) is 1.41. The molecule has 1 N–H and O–H groups in total. The number of hydrogen-bond donors (Lipinski definition) is 1. The van der Waals surface area contributed by atoms with E-state index in [2.05, 4.69) is 5.32 Å². The van der Waals surface area contributed by atoms with Crippen molar-refractivity contribution in [3.05, 3.63) is 92.9 Å². The number of sulfonamides is 1. The molecule has 2 atom stereocenters. The van der Waals surface area contributed by atoms with Crippen LogP contribution < -0.4 is 14.4 Å². The minimum atomic E-state index is -3.97. The minimum Gasteiger partial charge on any atom is -0.495 e. The second-order valence-corrected chi connectivity index (χ2v) is 13.0. The van der Waals surface area contributed by atoms with Gasteiger partial charge >= 0.3 is 0 Å². The number of carbonyl (C=O) groups is 2. The zero-order chi connectivity index (χ0) is 31.0. The smallest absolute Gasteiger partial charge is 0.244 e. The number of nitrogens with one attached hydrogen (secondary N) is 1.